The van der Waals surface area contributed by atoms with Crippen molar-refractivity contribution in [2.75, 3.05) is 13.2 Å². The third kappa shape index (κ3) is 50.6. The average Bonchev–Trinajstić information content (AvgIpc) is 3.29. The highest BCUT2D eigenvalue weighted by Crippen LogP contribution is 2.16. The fourth-order valence-electron chi connectivity index (χ4n) is 8.16. The van der Waals surface area contributed by atoms with E-state index in [-0.39, 0.29) is 31.1 Å². The van der Waals surface area contributed by atoms with E-state index in [1.54, 1.807) is 0 Å². The summed E-state index contributed by atoms with van der Waals surface area (Å²) in [5.74, 6) is -0.872. The van der Waals surface area contributed by atoms with E-state index in [4.69, 9.17) is 14.2 Å². The largest absolute Gasteiger partial charge is 0.462 e. The standard InChI is InChI=1S/C58H106O6/c1-4-7-10-13-16-19-21-23-25-27-29-31-32-34-36-39-42-45-48-51-57(60)63-54-55(53-62-56(59)50-47-44-41-38-18-15-12-9-6-3)64-58(61)52-49-46-43-40-37-35-33-30-28-26-24-22-20-17-14-11-8-5-2/h16,19,23,25,29,31,55H,4-15,17-18,20-22,24,26-28,30,32-54H2,1-3H3/b19-16-,25-23-,31-29-/t55-/m1/s1. The molecule has 0 fully saturated rings. The molecule has 374 valence electrons. The molecule has 6 heteroatoms. The quantitative estimate of drug-likeness (QED) is 0.0262. The van der Waals surface area contributed by atoms with Gasteiger partial charge in [0.05, 0.1) is 0 Å². The number of hydrogen-bond acceptors (Lipinski definition) is 6. The van der Waals surface area contributed by atoms with Crippen LogP contribution in [0.2, 0.25) is 0 Å². The van der Waals surface area contributed by atoms with E-state index in [2.05, 4.69) is 57.2 Å². The molecule has 0 bridgehead atoms. The van der Waals surface area contributed by atoms with E-state index in [9.17, 15) is 14.4 Å². The molecule has 0 aromatic carbocycles. The first-order valence-corrected chi connectivity index (χ1v) is 28.0. The molecule has 0 heterocycles. The Morgan fingerprint density at radius 2 is 0.562 bits per heavy atom. The highest BCUT2D eigenvalue weighted by molar-refractivity contribution is 5.71. The summed E-state index contributed by atoms with van der Waals surface area (Å²) in [5.41, 5.74) is 0. The van der Waals surface area contributed by atoms with Gasteiger partial charge in [0.1, 0.15) is 13.2 Å². The second-order valence-electron chi connectivity index (χ2n) is 18.9. The molecule has 0 aromatic heterocycles. The van der Waals surface area contributed by atoms with Gasteiger partial charge in [0, 0.05) is 19.3 Å². The molecule has 0 saturated carbocycles. The highest BCUT2D eigenvalue weighted by Gasteiger charge is 2.19. The summed E-state index contributed by atoms with van der Waals surface area (Å²) in [6.45, 7) is 6.62. The Kier molecular flexibility index (Phi) is 51.3. The normalized spacial score (nSPS) is 12.2. The van der Waals surface area contributed by atoms with Gasteiger partial charge in [-0.05, 0) is 57.8 Å². The molecule has 0 spiro atoms. The Balaban J connectivity index is 4.28. The van der Waals surface area contributed by atoms with Crippen molar-refractivity contribution in [1.29, 1.82) is 0 Å². The van der Waals surface area contributed by atoms with Crippen LogP contribution in [0.3, 0.4) is 0 Å². The minimum Gasteiger partial charge on any atom is -0.462 e. The Labute approximate surface area is 397 Å². The molecule has 0 aliphatic carbocycles. The zero-order valence-electron chi connectivity index (χ0n) is 42.8. The minimum absolute atomic E-state index is 0.0723. The molecular formula is C58H106O6. The van der Waals surface area contributed by atoms with E-state index in [0.29, 0.717) is 19.3 Å². The molecule has 1 atom stereocenters. The summed E-state index contributed by atoms with van der Waals surface area (Å²) in [5, 5.41) is 0. The summed E-state index contributed by atoms with van der Waals surface area (Å²) >= 11 is 0. The minimum atomic E-state index is -0.772. The van der Waals surface area contributed by atoms with Crippen LogP contribution in [0, 0.1) is 0 Å². The summed E-state index contributed by atoms with van der Waals surface area (Å²) in [6.07, 6.45) is 62.8. The molecule has 0 unspecified atom stereocenters. The van der Waals surface area contributed by atoms with Crippen molar-refractivity contribution in [3.05, 3.63) is 36.5 Å². The fraction of sp³-hybridized carbons (Fsp3) is 0.845. The molecule has 64 heavy (non-hydrogen) atoms. The van der Waals surface area contributed by atoms with Gasteiger partial charge in [-0.25, -0.2) is 0 Å². The first-order chi connectivity index (χ1) is 31.5. The van der Waals surface area contributed by atoms with E-state index in [1.807, 2.05) is 0 Å². The van der Waals surface area contributed by atoms with Gasteiger partial charge >= 0.3 is 17.9 Å². The van der Waals surface area contributed by atoms with Crippen molar-refractivity contribution in [2.45, 2.75) is 303 Å². The molecule has 0 radical (unpaired) electrons. The number of rotatable bonds is 51. The van der Waals surface area contributed by atoms with Crippen LogP contribution >= 0.6 is 0 Å². The van der Waals surface area contributed by atoms with Gasteiger partial charge in [0.25, 0.3) is 0 Å². The molecule has 0 N–H and O–H groups in total. The van der Waals surface area contributed by atoms with Crippen molar-refractivity contribution in [3.63, 3.8) is 0 Å². The third-order valence-corrected chi connectivity index (χ3v) is 12.4. The monoisotopic (exact) mass is 899 g/mol. The highest BCUT2D eigenvalue weighted by atomic mass is 16.6. The van der Waals surface area contributed by atoms with Gasteiger partial charge in [-0.3, -0.25) is 14.4 Å². The fourth-order valence-corrected chi connectivity index (χ4v) is 8.16. The van der Waals surface area contributed by atoms with Crippen LogP contribution in [0.1, 0.15) is 297 Å². The van der Waals surface area contributed by atoms with Crippen molar-refractivity contribution in [2.24, 2.45) is 0 Å². The van der Waals surface area contributed by atoms with Gasteiger partial charge in [-0.1, -0.05) is 256 Å². The van der Waals surface area contributed by atoms with Crippen LogP contribution in [-0.4, -0.2) is 37.2 Å². The molecule has 0 saturated heterocycles. The number of carbonyl (C=O) groups is 3. The summed E-state index contributed by atoms with van der Waals surface area (Å²) < 4.78 is 16.8. The molecule has 6 nitrogen and oxygen atoms in total. The molecule has 0 amide bonds. The molecule has 0 aromatic rings. The summed E-state index contributed by atoms with van der Waals surface area (Å²) in [7, 11) is 0. The Morgan fingerprint density at radius 3 is 0.906 bits per heavy atom. The van der Waals surface area contributed by atoms with Crippen LogP contribution in [0.25, 0.3) is 0 Å². The lowest BCUT2D eigenvalue weighted by molar-refractivity contribution is -0.167. The maximum absolute atomic E-state index is 12.8. The zero-order chi connectivity index (χ0) is 46.5. The van der Waals surface area contributed by atoms with Gasteiger partial charge in [-0.2, -0.15) is 0 Å². The Hall–Kier alpha value is -2.37. The van der Waals surface area contributed by atoms with Gasteiger partial charge in [0.2, 0.25) is 0 Å². The van der Waals surface area contributed by atoms with Gasteiger partial charge in [0.15, 0.2) is 6.10 Å². The number of unbranched alkanes of at least 4 members (excludes halogenated alkanes) is 34. The van der Waals surface area contributed by atoms with Crippen molar-refractivity contribution >= 4 is 17.9 Å². The predicted molar refractivity (Wildman–Crippen MR) is 275 cm³/mol. The summed E-state index contributed by atoms with van der Waals surface area (Å²) in [4.78, 5) is 38.0. The van der Waals surface area contributed by atoms with E-state index < -0.39 is 6.10 Å². The predicted octanol–water partition coefficient (Wildman–Crippen LogP) is 18.5. The third-order valence-electron chi connectivity index (χ3n) is 12.4. The van der Waals surface area contributed by atoms with Crippen LogP contribution in [-0.2, 0) is 28.6 Å². The topological polar surface area (TPSA) is 78.9 Å². The van der Waals surface area contributed by atoms with E-state index in [0.717, 1.165) is 77.0 Å². The van der Waals surface area contributed by atoms with Crippen LogP contribution in [0.15, 0.2) is 36.5 Å². The average molecular weight is 899 g/mol. The molecule has 0 rings (SSSR count). The van der Waals surface area contributed by atoms with E-state index >= 15 is 0 Å². The first-order valence-electron chi connectivity index (χ1n) is 28.0. The van der Waals surface area contributed by atoms with Gasteiger partial charge in [-0.15, -0.1) is 0 Å². The van der Waals surface area contributed by atoms with E-state index in [1.165, 1.54) is 180 Å². The van der Waals surface area contributed by atoms with Crippen LogP contribution < -0.4 is 0 Å². The molecule has 0 aliphatic rings. The lowest BCUT2D eigenvalue weighted by Crippen LogP contribution is -2.30. The Morgan fingerprint density at radius 1 is 0.312 bits per heavy atom. The maximum Gasteiger partial charge on any atom is 0.306 e. The maximum atomic E-state index is 12.8. The lowest BCUT2D eigenvalue weighted by Gasteiger charge is -2.18. The number of allylic oxidation sites excluding steroid dienone is 6. The van der Waals surface area contributed by atoms with Gasteiger partial charge < -0.3 is 14.2 Å². The number of carbonyl (C=O) groups excluding carboxylic acids is 3. The molecule has 0 aliphatic heterocycles. The lowest BCUT2D eigenvalue weighted by atomic mass is 10.0. The van der Waals surface area contributed by atoms with Crippen molar-refractivity contribution < 1.29 is 28.6 Å². The SMILES string of the molecule is CCCCC/C=C\C/C=C\C/C=C\CCCCCCCCC(=O)OC[C@@H](COC(=O)CCCCCCCCCCC)OC(=O)CCCCCCCCCCCCCCCCCCCC. The first kappa shape index (κ1) is 61.6. The second kappa shape index (κ2) is 53.2. The number of esters is 3. The smallest absolute Gasteiger partial charge is 0.306 e. The van der Waals surface area contributed by atoms with Crippen molar-refractivity contribution in [1.82, 2.24) is 0 Å². The molecular weight excluding hydrogens is 793 g/mol. The zero-order valence-corrected chi connectivity index (χ0v) is 42.8. The van der Waals surface area contributed by atoms with Crippen LogP contribution in [0.4, 0.5) is 0 Å². The van der Waals surface area contributed by atoms with Crippen molar-refractivity contribution in [3.8, 4) is 0 Å². The number of ether oxygens (including phenoxy) is 3. The Bertz CT molecular complexity index is 1080. The summed E-state index contributed by atoms with van der Waals surface area (Å²) in [6, 6.07) is 0. The number of hydrogen-bond donors (Lipinski definition) is 0. The second-order valence-corrected chi connectivity index (χ2v) is 18.9. The van der Waals surface area contributed by atoms with Crippen LogP contribution in [0.5, 0.6) is 0 Å².